The summed E-state index contributed by atoms with van der Waals surface area (Å²) in [6.07, 6.45) is 6.77. The molecule has 1 aliphatic rings. The van der Waals surface area contributed by atoms with Crippen LogP contribution in [0.4, 0.5) is 0 Å². The maximum absolute atomic E-state index is 10.4. The molecule has 1 heterocycles. The Kier molecular flexibility index (Phi) is 8.32. The van der Waals surface area contributed by atoms with Crippen LogP contribution in [0.3, 0.4) is 0 Å². The topological polar surface area (TPSA) is 65.0 Å². The SMILES string of the molecule is CC1(CO[Si](C)(C)C(C)(C)C)OCC(C/C=C\CCCC(=O)O)CO1. The van der Waals surface area contributed by atoms with Gasteiger partial charge in [0.25, 0.3) is 0 Å². The number of rotatable bonds is 9. The summed E-state index contributed by atoms with van der Waals surface area (Å²) < 4.78 is 18.2. The van der Waals surface area contributed by atoms with Crippen LogP contribution in [-0.2, 0) is 18.7 Å². The first kappa shape index (κ1) is 22.3. The highest BCUT2D eigenvalue weighted by Gasteiger charge is 2.41. The lowest BCUT2D eigenvalue weighted by Crippen LogP contribution is -2.50. The summed E-state index contributed by atoms with van der Waals surface area (Å²) in [7, 11) is -1.81. The highest BCUT2D eigenvalue weighted by molar-refractivity contribution is 6.74. The fraction of sp³-hybridized carbons (Fsp3) is 0.842. The summed E-state index contributed by atoms with van der Waals surface area (Å²) in [5.74, 6) is -1.05. The van der Waals surface area contributed by atoms with Gasteiger partial charge in [0, 0.05) is 12.3 Å². The minimum Gasteiger partial charge on any atom is -0.481 e. The quantitative estimate of drug-likeness (QED) is 0.364. The largest absolute Gasteiger partial charge is 0.481 e. The van der Waals surface area contributed by atoms with Crippen molar-refractivity contribution < 1.29 is 23.8 Å². The molecule has 0 aromatic carbocycles. The van der Waals surface area contributed by atoms with Gasteiger partial charge in [-0.25, -0.2) is 0 Å². The van der Waals surface area contributed by atoms with Gasteiger partial charge in [0.05, 0.1) is 19.8 Å². The number of allylic oxidation sites excluding steroid dienone is 2. The van der Waals surface area contributed by atoms with Crippen LogP contribution < -0.4 is 0 Å². The minimum atomic E-state index is -1.81. The molecular formula is C19H36O5Si. The molecule has 0 unspecified atom stereocenters. The van der Waals surface area contributed by atoms with Crippen LogP contribution in [0.2, 0.25) is 18.1 Å². The number of hydrogen-bond acceptors (Lipinski definition) is 4. The summed E-state index contributed by atoms with van der Waals surface area (Å²) in [6.45, 7) is 14.9. The molecule has 25 heavy (non-hydrogen) atoms. The van der Waals surface area contributed by atoms with Gasteiger partial charge in [-0.2, -0.15) is 0 Å². The molecule has 5 nitrogen and oxygen atoms in total. The smallest absolute Gasteiger partial charge is 0.303 e. The Bertz CT molecular complexity index is 445. The van der Waals surface area contributed by atoms with Crippen molar-refractivity contribution in [3.63, 3.8) is 0 Å². The molecule has 1 saturated heterocycles. The summed E-state index contributed by atoms with van der Waals surface area (Å²) in [5, 5.41) is 8.77. The second-order valence-corrected chi connectivity index (χ2v) is 13.5. The number of unbranched alkanes of at least 4 members (excludes halogenated alkanes) is 1. The molecule has 6 heteroatoms. The summed E-state index contributed by atoms with van der Waals surface area (Å²) in [5.41, 5.74) is 0. The lowest BCUT2D eigenvalue weighted by molar-refractivity contribution is -0.283. The van der Waals surface area contributed by atoms with Crippen LogP contribution in [-0.4, -0.2) is 45.0 Å². The molecule has 146 valence electrons. The number of ether oxygens (including phenoxy) is 2. The average molecular weight is 373 g/mol. The molecule has 0 bridgehead atoms. The Morgan fingerprint density at radius 2 is 1.88 bits per heavy atom. The van der Waals surface area contributed by atoms with Crippen LogP contribution in [0.5, 0.6) is 0 Å². The van der Waals surface area contributed by atoms with Crippen LogP contribution in [0, 0.1) is 5.92 Å². The molecule has 0 aromatic heterocycles. The van der Waals surface area contributed by atoms with Gasteiger partial charge in [0.15, 0.2) is 14.1 Å². The van der Waals surface area contributed by atoms with E-state index in [1.807, 2.05) is 6.92 Å². The summed E-state index contributed by atoms with van der Waals surface area (Å²) >= 11 is 0. The van der Waals surface area contributed by atoms with Gasteiger partial charge in [-0.05, 0) is 44.3 Å². The minimum absolute atomic E-state index is 0.173. The number of carboxylic acids is 1. The van der Waals surface area contributed by atoms with Crippen molar-refractivity contribution in [2.45, 2.75) is 77.3 Å². The molecule has 1 rings (SSSR count). The van der Waals surface area contributed by atoms with Crippen molar-refractivity contribution in [1.82, 2.24) is 0 Å². The van der Waals surface area contributed by atoms with E-state index in [2.05, 4.69) is 46.0 Å². The van der Waals surface area contributed by atoms with Gasteiger partial charge in [-0.1, -0.05) is 32.9 Å². The van der Waals surface area contributed by atoms with Crippen LogP contribution in [0.15, 0.2) is 12.2 Å². The standard InChI is InChI=1S/C19H36O5Si/c1-18(2,3)25(5,6)24-15-19(4)22-13-16(14-23-19)11-9-7-8-10-12-17(20)21/h7,9,16H,8,10-15H2,1-6H3,(H,20,21)/b9-7-. The van der Waals surface area contributed by atoms with Gasteiger partial charge in [-0.15, -0.1) is 0 Å². The van der Waals surface area contributed by atoms with Gasteiger partial charge in [0.2, 0.25) is 0 Å². The molecule has 0 radical (unpaired) electrons. The van der Waals surface area contributed by atoms with Gasteiger partial charge < -0.3 is 19.0 Å². The normalized spacial score (nSPS) is 25.4. The fourth-order valence-corrected chi connectivity index (χ4v) is 3.26. The van der Waals surface area contributed by atoms with Crippen LogP contribution in [0.1, 0.15) is 53.4 Å². The summed E-state index contributed by atoms with van der Waals surface area (Å²) in [6, 6.07) is 0. The third kappa shape index (κ3) is 8.03. The molecule has 1 aliphatic heterocycles. The van der Waals surface area contributed by atoms with Crippen molar-refractivity contribution in [1.29, 1.82) is 0 Å². The van der Waals surface area contributed by atoms with E-state index < -0.39 is 20.1 Å². The Balaban J connectivity index is 2.30. The van der Waals surface area contributed by atoms with Gasteiger partial charge in [-0.3, -0.25) is 4.79 Å². The second kappa shape index (κ2) is 9.30. The van der Waals surface area contributed by atoms with Gasteiger partial charge >= 0.3 is 5.97 Å². The summed E-state index contributed by atoms with van der Waals surface area (Å²) in [4.78, 5) is 10.4. The highest BCUT2D eigenvalue weighted by atomic mass is 28.4. The Morgan fingerprint density at radius 3 is 2.40 bits per heavy atom. The van der Waals surface area contributed by atoms with E-state index in [9.17, 15) is 4.79 Å². The first-order valence-electron chi connectivity index (χ1n) is 9.24. The van der Waals surface area contributed by atoms with E-state index in [0.29, 0.717) is 32.2 Å². The van der Waals surface area contributed by atoms with E-state index in [1.165, 1.54) is 0 Å². The highest BCUT2D eigenvalue weighted by Crippen LogP contribution is 2.37. The molecular weight excluding hydrogens is 336 g/mol. The van der Waals surface area contributed by atoms with Crippen molar-refractivity contribution >= 4 is 14.3 Å². The second-order valence-electron chi connectivity index (χ2n) is 8.66. The zero-order valence-electron chi connectivity index (χ0n) is 16.8. The maximum atomic E-state index is 10.4. The first-order valence-corrected chi connectivity index (χ1v) is 12.1. The molecule has 0 saturated carbocycles. The molecule has 0 spiro atoms. The number of carboxylic acid groups (broad SMARTS) is 1. The van der Waals surface area contributed by atoms with Crippen LogP contribution in [0.25, 0.3) is 0 Å². The van der Waals surface area contributed by atoms with Crippen LogP contribution >= 0.6 is 0 Å². The van der Waals surface area contributed by atoms with Crippen molar-refractivity contribution in [3.8, 4) is 0 Å². The van der Waals surface area contributed by atoms with Crippen molar-refractivity contribution in [3.05, 3.63) is 12.2 Å². The number of hydrogen-bond donors (Lipinski definition) is 1. The van der Waals surface area contributed by atoms with Gasteiger partial charge in [0.1, 0.15) is 0 Å². The predicted octanol–water partition coefficient (Wildman–Crippen LogP) is 4.59. The van der Waals surface area contributed by atoms with E-state index in [1.54, 1.807) is 0 Å². The molecule has 0 aromatic rings. The predicted molar refractivity (Wildman–Crippen MR) is 102 cm³/mol. The Labute approximate surface area is 153 Å². The third-order valence-corrected chi connectivity index (χ3v) is 9.63. The lowest BCUT2D eigenvalue weighted by Gasteiger charge is -2.42. The van der Waals surface area contributed by atoms with Crippen molar-refractivity contribution in [2.75, 3.05) is 19.8 Å². The van der Waals surface area contributed by atoms with E-state index in [4.69, 9.17) is 19.0 Å². The molecule has 0 amide bonds. The molecule has 0 atom stereocenters. The van der Waals surface area contributed by atoms with E-state index in [-0.39, 0.29) is 11.5 Å². The van der Waals surface area contributed by atoms with Crippen molar-refractivity contribution in [2.24, 2.45) is 5.92 Å². The Hall–Kier alpha value is -0.693. The monoisotopic (exact) mass is 372 g/mol. The zero-order valence-corrected chi connectivity index (χ0v) is 17.8. The molecule has 1 fully saturated rings. The lowest BCUT2D eigenvalue weighted by atomic mass is 10.1. The zero-order chi connectivity index (χ0) is 19.1. The first-order chi connectivity index (χ1) is 11.5. The number of carbonyl (C=O) groups is 1. The molecule has 1 N–H and O–H groups in total. The van der Waals surface area contributed by atoms with E-state index >= 15 is 0 Å². The van der Waals surface area contributed by atoms with E-state index in [0.717, 1.165) is 12.8 Å². The number of aliphatic carboxylic acids is 1. The maximum Gasteiger partial charge on any atom is 0.303 e. The molecule has 0 aliphatic carbocycles. The fourth-order valence-electron chi connectivity index (χ4n) is 2.20. The average Bonchev–Trinajstić information content (AvgIpc) is 2.49. The Morgan fingerprint density at radius 1 is 1.28 bits per heavy atom. The third-order valence-electron chi connectivity index (χ3n) is 5.15.